The molecule has 0 aliphatic carbocycles. The van der Waals surface area contributed by atoms with Crippen molar-refractivity contribution >= 4 is 29.2 Å². The van der Waals surface area contributed by atoms with Crippen LogP contribution in [-0.2, 0) is 25.3 Å². The average Bonchev–Trinajstić information content (AvgIpc) is 2.69. The van der Waals surface area contributed by atoms with E-state index in [1.165, 1.54) is 12.1 Å². The largest absolute Gasteiger partial charge is 0.456 e. The second-order valence-corrected chi connectivity index (χ2v) is 6.99. The van der Waals surface area contributed by atoms with Gasteiger partial charge in [0.2, 0.25) is 5.91 Å². The fourth-order valence-corrected chi connectivity index (χ4v) is 2.62. The van der Waals surface area contributed by atoms with Crippen LogP contribution in [0.2, 0.25) is 0 Å². The first-order valence-electron chi connectivity index (χ1n) is 9.54. The van der Waals surface area contributed by atoms with Gasteiger partial charge >= 0.3 is 12.1 Å². The molecule has 0 aromatic heterocycles. The second-order valence-electron chi connectivity index (χ2n) is 6.99. The number of nitrogens with one attached hydrogen (secondary N) is 2. The first-order chi connectivity index (χ1) is 14.5. The first-order valence-corrected chi connectivity index (χ1v) is 9.54. The fourth-order valence-electron chi connectivity index (χ4n) is 2.62. The summed E-state index contributed by atoms with van der Waals surface area (Å²) < 4.78 is 42.9. The zero-order valence-electron chi connectivity index (χ0n) is 17.1. The highest BCUT2D eigenvalue weighted by molar-refractivity contribution is 5.93. The second kappa shape index (κ2) is 10.6. The smallest absolute Gasteiger partial charge is 0.416 e. The number of ether oxygens (including phenoxy) is 1. The van der Waals surface area contributed by atoms with Crippen molar-refractivity contribution in [3.05, 3.63) is 59.2 Å². The molecule has 0 bridgehead atoms. The standard InChI is InChI=1S/C22H23F3N2O4/c1-14-9-10-18(11-15(14)2)27-20(29)13-31-21(30)8-4-7-19(28)26-17-6-3-5-16(12-17)22(23,24)25/h3,5-6,9-12H,4,7-8,13H2,1-2H3,(H,26,28)(H,27,29). The van der Waals surface area contributed by atoms with Crippen molar-refractivity contribution in [1.29, 1.82) is 0 Å². The molecule has 166 valence electrons. The van der Waals surface area contributed by atoms with E-state index in [0.717, 1.165) is 23.3 Å². The summed E-state index contributed by atoms with van der Waals surface area (Å²) in [5, 5.41) is 4.98. The summed E-state index contributed by atoms with van der Waals surface area (Å²) in [5.41, 5.74) is 1.84. The number of benzene rings is 2. The molecule has 9 heteroatoms. The number of carbonyl (C=O) groups is 3. The number of esters is 1. The van der Waals surface area contributed by atoms with E-state index in [4.69, 9.17) is 4.74 Å². The number of anilines is 2. The van der Waals surface area contributed by atoms with Gasteiger partial charge in [-0.3, -0.25) is 14.4 Å². The molecule has 2 aromatic rings. The Bertz CT molecular complexity index is 958. The van der Waals surface area contributed by atoms with Gasteiger partial charge in [-0.15, -0.1) is 0 Å². The third kappa shape index (κ3) is 8.12. The summed E-state index contributed by atoms with van der Waals surface area (Å²) in [6.45, 7) is 3.40. The third-order valence-electron chi connectivity index (χ3n) is 4.41. The van der Waals surface area contributed by atoms with Gasteiger partial charge in [0.05, 0.1) is 5.56 Å². The Hall–Kier alpha value is -3.36. The normalized spacial score (nSPS) is 11.0. The van der Waals surface area contributed by atoms with Gasteiger partial charge in [0.25, 0.3) is 5.91 Å². The molecule has 0 spiro atoms. The Kier molecular flexibility index (Phi) is 8.18. The van der Waals surface area contributed by atoms with Crippen LogP contribution in [0.15, 0.2) is 42.5 Å². The van der Waals surface area contributed by atoms with Crippen LogP contribution >= 0.6 is 0 Å². The molecule has 2 aromatic carbocycles. The van der Waals surface area contributed by atoms with Crippen LogP contribution in [0.4, 0.5) is 24.5 Å². The van der Waals surface area contributed by atoms with Crippen LogP contribution in [0.25, 0.3) is 0 Å². The Morgan fingerprint density at radius 2 is 1.55 bits per heavy atom. The number of amides is 2. The molecule has 2 rings (SSSR count). The monoisotopic (exact) mass is 436 g/mol. The third-order valence-corrected chi connectivity index (χ3v) is 4.41. The van der Waals surface area contributed by atoms with Gasteiger partial charge in [0.15, 0.2) is 6.61 Å². The average molecular weight is 436 g/mol. The lowest BCUT2D eigenvalue weighted by atomic mass is 10.1. The summed E-state index contributed by atoms with van der Waals surface area (Å²) >= 11 is 0. The first kappa shape index (κ1) is 23.9. The number of hydrogen-bond donors (Lipinski definition) is 2. The van der Waals surface area contributed by atoms with E-state index in [0.29, 0.717) is 5.69 Å². The van der Waals surface area contributed by atoms with Crippen molar-refractivity contribution in [2.45, 2.75) is 39.3 Å². The highest BCUT2D eigenvalue weighted by atomic mass is 19.4. The fraction of sp³-hybridized carbons (Fsp3) is 0.318. The zero-order valence-corrected chi connectivity index (χ0v) is 17.1. The number of hydrogen-bond acceptors (Lipinski definition) is 4. The van der Waals surface area contributed by atoms with Crippen molar-refractivity contribution < 1.29 is 32.3 Å². The molecule has 0 saturated carbocycles. The molecule has 0 saturated heterocycles. The Labute approximate surface area is 177 Å². The van der Waals surface area contributed by atoms with Crippen LogP contribution < -0.4 is 10.6 Å². The Morgan fingerprint density at radius 1 is 0.871 bits per heavy atom. The molecule has 0 fully saturated rings. The topological polar surface area (TPSA) is 84.5 Å². The quantitative estimate of drug-likeness (QED) is 0.592. The van der Waals surface area contributed by atoms with E-state index in [1.807, 2.05) is 19.9 Å². The van der Waals surface area contributed by atoms with Gasteiger partial charge in [-0.25, -0.2) is 0 Å². The molecule has 0 unspecified atom stereocenters. The van der Waals surface area contributed by atoms with E-state index < -0.39 is 36.1 Å². The van der Waals surface area contributed by atoms with E-state index >= 15 is 0 Å². The number of aryl methyl sites for hydroxylation is 2. The van der Waals surface area contributed by atoms with Gasteiger partial charge < -0.3 is 15.4 Å². The van der Waals surface area contributed by atoms with E-state index in [2.05, 4.69) is 10.6 Å². The molecule has 2 amide bonds. The van der Waals surface area contributed by atoms with Crippen molar-refractivity contribution in [3.63, 3.8) is 0 Å². The van der Waals surface area contributed by atoms with Gasteiger partial charge in [0, 0.05) is 24.2 Å². The van der Waals surface area contributed by atoms with E-state index in [-0.39, 0.29) is 24.9 Å². The predicted octanol–water partition coefficient (Wildman–Crippen LogP) is 4.61. The number of rotatable bonds is 8. The van der Waals surface area contributed by atoms with Crippen molar-refractivity contribution in [2.24, 2.45) is 0 Å². The highest BCUT2D eigenvalue weighted by Crippen LogP contribution is 2.30. The summed E-state index contributed by atoms with van der Waals surface area (Å²) in [5.74, 6) is -1.67. The van der Waals surface area contributed by atoms with Gasteiger partial charge in [-0.1, -0.05) is 12.1 Å². The molecule has 0 radical (unpaired) electrons. The van der Waals surface area contributed by atoms with Crippen molar-refractivity contribution in [1.82, 2.24) is 0 Å². The van der Waals surface area contributed by atoms with Crippen LogP contribution in [-0.4, -0.2) is 24.4 Å². The van der Waals surface area contributed by atoms with Crippen LogP contribution in [0.5, 0.6) is 0 Å². The Morgan fingerprint density at radius 3 is 2.23 bits per heavy atom. The van der Waals surface area contributed by atoms with Gasteiger partial charge in [-0.2, -0.15) is 13.2 Å². The molecule has 0 heterocycles. The van der Waals surface area contributed by atoms with Crippen LogP contribution in [0, 0.1) is 13.8 Å². The SMILES string of the molecule is Cc1ccc(NC(=O)COC(=O)CCCC(=O)Nc2cccc(C(F)(F)F)c2)cc1C. The van der Waals surface area contributed by atoms with Gasteiger partial charge in [-0.05, 0) is 61.7 Å². The summed E-state index contributed by atoms with van der Waals surface area (Å²) in [7, 11) is 0. The maximum absolute atomic E-state index is 12.7. The lowest BCUT2D eigenvalue weighted by molar-refractivity contribution is -0.147. The maximum Gasteiger partial charge on any atom is 0.416 e. The summed E-state index contributed by atoms with van der Waals surface area (Å²) in [6.07, 6.45) is -4.56. The minimum Gasteiger partial charge on any atom is -0.456 e. The Balaban J connectivity index is 1.69. The summed E-state index contributed by atoms with van der Waals surface area (Å²) in [6, 6.07) is 9.68. The number of halogens is 3. The lowest BCUT2D eigenvalue weighted by Crippen LogP contribution is -2.21. The molecular formula is C22H23F3N2O4. The molecule has 0 aliphatic heterocycles. The number of carbonyl (C=O) groups excluding carboxylic acids is 3. The van der Waals surface area contributed by atoms with Crippen LogP contribution in [0.1, 0.15) is 36.0 Å². The molecule has 0 atom stereocenters. The molecule has 0 aliphatic rings. The van der Waals surface area contributed by atoms with E-state index in [9.17, 15) is 27.6 Å². The molecule has 31 heavy (non-hydrogen) atoms. The van der Waals surface area contributed by atoms with Crippen LogP contribution in [0.3, 0.4) is 0 Å². The lowest BCUT2D eigenvalue weighted by Gasteiger charge is -2.10. The predicted molar refractivity (Wildman–Crippen MR) is 109 cm³/mol. The number of alkyl halides is 3. The minimum absolute atomic E-state index is 0.0189. The minimum atomic E-state index is -4.50. The molecule has 2 N–H and O–H groups in total. The molecule has 6 nitrogen and oxygen atoms in total. The maximum atomic E-state index is 12.7. The summed E-state index contributed by atoms with van der Waals surface area (Å²) in [4.78, 5) is 35.5. The van der Waals surface area contributed by atoms with Crippen molar-refractivity contribution in [3.8, 4) is 0 Å². The van der Waals surface area contributed by atoms with E-state index in [1.54, 1.807) is 12.1 Å². The molecular weight excluding hydrogens is 413 g/mol. The highest BCUT2D eigenvalue weighted by Gasteiger charge is 2.30. The zero-order chi connectivity index (χ0) is 23.0. The van der Waals surface area contributed by atoms with Gasteiger partial charge in [0.1, 0.15) is 0 Å². The van der Waals surface area contributed by atoms with Crippen molar-refractivity contribution in [2.75, 3.05) is 17.2 Å².